The second kappa shape index (κ2) is 5.86. The molecule has 2 nitrogen and oxygen atoms in total. The molecule has 2 aromatic rings. The fourth-order valence-corrected chi connectivity index (χ4v) is 3.02. The molecule has 0 saturated heterocycles. The van der Waals surface area contributed by atoms with Gasteiger partial charge in [-0.1, -0.05) is 37.3 Å². The number of nitrogens with one attached hydrogen (secondary N) is 1. The van der Waals surface area contributed by atoms with E-state index in [0.29, 0.717) is 5.92 Å². The van der Waals surface area contributed by atoms with Crippen LogP contribution in [0.15, 0.2) is 48.5 Å². The highest BCUT2D eigenvalue weighted by Crippen LogP contribution is 2.39. The summed E-state index contributed by atoms with van der Waals surface area (Å²) >= 11 is 0. The molecule has 2 aromatic carbocycles. The van der Waals surface area contributed by atoms with Crippen LogP contribution in [0.2, 0.25) is 0 Å². The minimum Gasteiger partial charge on any atom is -0.489 e. The van der Waals surface area contributed by atoms with Crippen LogP contribution in [0.3, 0.4) is 0 Å². The summed E-state index contributed by atoms with van der Waals surface area (Å²) in [5.74, 6) is 0.863. The van der Waals surface area contributed by atoms with Crippen LogP contribution in [0.25, 0.3) is 0 Å². The van der Waals surface area contributed by atoms with Crippen molar-refractivity contribution in [3.05, 3.63) is 65.5 Å². The lowest BCUT2D eigenvalue weighted by Crippen LogP contribution is -2.34. The van der Waals surface area contributed by atoms with Crippen molar-refractivity contribution >= 4 is 0 Å². The summed E-state index contributed by atoms with van der Waals surface area (Å²) in [4.78, 5) is 0. The summed E-state index contributed by atoms with van der Waals surface area (Å²) in [6.07, 6.45) is 0.922. The molecule has 0 aliphatic carbocycles. The predicted molar refractivity (Wildman–Crippen MR) is 82.1 cm³/mol. The smallest absolute Gasteiger partial charge is 0.124 e. The van der Waals surface area contributed by atoms with Gasteiger partial charge < -0.3 is 10.1 Å². The van der Waals surface area contributed by atoms with E-state index in [1.54, 1.807) is 12.1 Å². The van der Waals surface area contributed by atoms with Crippen LogP contribution >= 0.6 is 0 Å². The lowest BCUT2D eigenvalue weighted by molar-refractivity contribution is 0.129. The van der Waals surface area contributed by atoms with Gasteiger partial charge >= 0.3 is 0 Å². The number of hydrogen-bond donors (Lipinski definition) is 1. The number of ether oxygens (including phenoxy) is 1. The van der Waals surface area contributed by atoms with Gasteiger partial charge in [-0.05, 0) is 30.8 Å². The molecule has 0 fully saturated rings. The van der Waals surface area contributed by atoms with Crippen molar-refractivity contribution in [3.8, 4) is 5.75 Å². The third-order valence-corrected chi connectivity index (χ3v) is 4.33. The van der Waals surface area contributed by atoms with Crippen molar-refractivity contribution in [2.45, 2.75) is 31.4 Å². The van der Waals surface area contributed by atoms with Gasteiger partial charge in [0.2, 0.25) is 0 Å². The van der Waals surface area contributed by atoms with E-state index in [2.05, 4.69) is 24.4 Å². The average molecular weight is 285 g/mol. The number of hydrogen-bond acceptors (Lipinski definition) is 2. The first kappa shape index (κ1) is 14.1. The molecule has 21 heavy (non-hydrogen) atoms. The molecular weight excluding hydrogens is 265 g/mol. The molecule has 1 aliphatic rings. The Morgan fingerprint density at radius 3 is 2.67 bits per heavy atom. The number of rotatable bonds is 3. The zero-order chi connectivity index (χ0) is 14.8. The fourth-order valence-electron chi connectivity index (χ4n) is 3.02. The Morgan fingerprint density at radius 1 is 1.19 bits per heavy atom. The van der Waals surface area contributed by atoms with Crippen molar-refractivity contribution in [1.29, 1.82) is 0 Å². The Labute approximate surface area is 125 Å². The molecule has 3 unspecified atom stereocenters. The first-order chi connectivity index (χ1) is 10.2. The highest BCUT2D eigenvalue weighted by atomic mass is 19.1. The van der Waals surface area contributed by atoms with E-state index in [4.69, 9.17) is 4.74 Å². The SMILES string of the molecule is CNC1CC(C(C)c2ccccc2)Oc2ccc(F)cc21. The molecule has 1 N–H and O–H groups in total. The molecule has 0 radical (unpaired) electrons. The normalized spacial score (nSPS) is 22.2. The Kier molecular flexibility index (Phi) is 3.93. The van der Waals surface area contributed by atoms with Crippen molar-refractivity contribution in [2.24, 2.45) is 0 Å². The highest BCUT2D eigenvalue weighted by molar-refractivity contribution is 5.39. The van der Waals surface area contributed by atoms with Crippen LogP contribution < -0.4 is 10.1 Å². The van der Waals surface area contributed by atoms with E-state index in [1.165, 1.54) is 11.6 Å². The van der Waals surface area contributed by atoms with Crippen molar-refractivity contribution in [2.75, 3.05) is 7.05 Å². The van der Waals surface area contributed by atoms with Crippen molar-refractivity contribution in [1.82, 2.24) is 5.32 Å². The zero-order valence-electron chi connectivity index (χ0n) is 12.3. The largest absolute Gasteiger partial charge is 0.489 e. The summed E-state index contributed by atoms with van der Waals surface area (Å²) in [5, 5.41) is 3.28. The van der Waals surface area contributed by atoms with Crippen LogP contribution in [-0.4, -0.2) is 13.2 Å². The van der Waals surface area contributed by atoms with Gasteiger partial charge in [0.15, 0.2) is 0 Å². The Balaban J connectivity index is 1.89. The van der Waals surface area contributed by atoms with Gasteiger partial charge in [-0.2, -0.15) is 0 Å². The maximum absolute atomic E-state index is 13.4. The zero-order valence-corrected chi connectivity index (χ0v) is 12.3. The van der Waals surface area contributed by atoms with E-state index in [0.717, 1.165) is 17.7 Å². The third kappa shape index (κ3) is 2.79. The van der Waals surface area contributed by atoms with Crippen molar-refractivity contribution < 1.29 is 9.13 Å². The Morgan fingerprint density at radius 2 is 1.95 bits per heavy atom. The molecule has 0 aromatic heterocycles. The van der Waals surface area contributed by atoms with Crippen LogP contribution in [-0.2, 0) is 0 Å². The fraction of sp³-hybridized carbons (Fsp3) is 0.333. The second-order valence-electron chi connectivity index (χ2n) is 5.61. The van der Waals surface area contributed by atoms with E-state index in [1.807, 2.05) is 25.2 Å². The molecule has 3 rings (SSSR count). The topological polar surface area (TPSA) is 21.3 Å². The maximum atomic E-state index is 13.4. The molecule has 1 aliphatic heterocycles. The standard InChI is InChI=1S/C18H20FNO/c1-12(13-6-4-3-5-7-13)18-11-16(20-2)15-10-14(19)8-9-17(15)21-18/h3-10,12,16,18,20H,11H2,1-2H3. The van der Waals surface area contributed by atoms with Gasteiger partial charge in [-0.25, -0.2) is 4.39 Å². The van der Waals surface area contributed by atoms with E-state index < -0.39 is 0 Å². The number of benzene rings is 2. The summed E-state index contributed by atoms with van der Waals surface area (Å²) in [6.45, 7) is 2.18. The summed E-state index contributed by atoms with van der Waals surface area (Å²) < 4.78 is 19.6. The lowest BCUT2D eigenvalue weighted by Gasteiger charge is -2.35. The molecular formula is C18H20FNO. The average Bonchev–Trinajstić information content (AvgIpc) is 2.54. The number of fused-ring (bicyclic) bond motifs is 1. The minimum atomic E-state index is -0.216. The van der Waals surface area contributed by atoms with Gasteiger partial charge in [0.1, 0.15) is 17.7 Å². The molecule has 1 heterocycles. The summed E-state index contributed by atoms with van der Waals surface area (Å²) in [6, 6.07) is 15.3. The van der Waals surface area contributed by atoms with Crippen LogP contribution in [0.4, 0.5) is 4.39 Å². The highest BCUT2D eigenvalue weighted by Gasteiger charge is 2.31. The molecule has 0 spiro atoms. The monoisotopic (exact) mass is 285 g/mol. The van der Waals surface area contributed by atoms with Gasteiger partial charge in [0.05, 0.1) is 0 Å². The van der Waals surface area contributed by atoms with Gasteiger partial charge in [0.25, 0.3) is 0 Å². The molecule has 3 atom stereocenters. The first-order valence-corrected chi connectivity index (χ1v) is 7.37. The van der Waals surface area contributed by atoms with Gasteiger partial charge in [0, 0.05) is 23.9 Å². The molecule has 3 heteroatoms. The quantitative estimate of drug-likeness (QED) is 0.919. The van der Waals surface area contributed by atoms with Gasteiger partial charge in [-0.3, -0.25) is 0 Å². The van der Waals surface area contributed by atoms with Crippen LogP contribution in [0, 0.1) is 5.82 Å². The minimum absolute atomic E-state index is 0.0859. The van der Waals surface area contributed by atoms with Crippen LogP contribution in [0.5, 0.6) is 5.75 Å². The Bertz CT molecular complexity index is 614. The third-order valence-electron chi connectivity index (χ3n) is 4.33. The van der Waals surface area contributed by atoms with E-state index in [-0.39, 0.29) is 18.0 Å². The molecule has 110 valence electrons. The molecule has 0 amide bonds. The lowest BCUT2D eigenvalue weighted by atomic mass is 9.87. The van der Waals surface area contributed by atoms with E-state index in [9.17, 15) is 4.39 Å². The maximum Gasteiger partial charge on any atom is 0.124 e. The van der Waals surface area contributed by atoms with Crippen molar-refractivity contribution in [3.63, 3.8) is 0 Å². The second-order valence-corrected chi connectivity index (χ2v) is 5.61. The summed E-state index contributed by atoms with van der Waals surface area (Å²) in [5.41, 5.74) is 2.18. The van der Waals surface area contributed by atoms with E-state index >= 15 is 0 Å². The summed E-state index contributed by atoms with van der Waals surface area (Å²) in [7, 11) is 1.91. The number of halogens is 1. The molecule has 0 saturated carbocycles. The Hall–Kier alpha value is -1.87. The predicted octanol–water partition coefficient (Wildman–Crippen LogP) is 4.04. The van der Waals surface area contributed by atoms with Crippen LogP contribution in [0.1, 0.15) is 36.4 Å². The van der Waals surface area contributed by atoms with Gasteiger partial charge in [-0.15, -0.1) is 0 Å². The first-order valence-electron chi connectivity index (χ1n) is 7.37. The molecule has 0 bridgehead atoms.